The molecule has 20 heteroatoms. The molecule has 0 spiro atoms. The lowest BCUT2D eigenvalue weighted by atomic mass is 9.97. The lowest BCUT2D eigenvalue weighted by Crippen LogP contribution is -2.65. The maximum absolute atomic E-state index is 14.2. The van der Waals surface area contributed by atoms with Crippen molar-refractivity contribution in [1.29, 1.82) is 0 Å². The van der Waals surface area contributed by atoms with E-state index in [1.807, 2.05) is 0 Å². The van der Waals surface area contributed by atoms with Crippen molar-refractivity contribution in [3.8, 4) is 34.3 Å². The monoisotopic (exact) mass is 756 g/mol. The number of rotatable bonds is 9. The zero-order valence-corrected chi connectivity index (χ0v) is 27.7. The van der Waals surface area contributed by atoms with Crippen LogP contribution in [0.5, 0.6) is 23.0 Å². The zero-order chi connectivity index (χ0) is 38.5. The fraction of sp³-hybridized carbons (Fsp3) is 0.545. The van der Waals surface area contributed by atoms with Crippen molar-refractivity contribution in [2.24, 2.45) is 0 Å². The van der Waals surface area contributed by atoms with Gasteiger partial charge >= 0.3 is 0 Å². The van der Waals surface area contributed by atoms with Gasteiger partial charge in [-0.3, -0.25) is 4.79 Å². The van der Waals surface area contributed by atoms with Crippen molar-refractivity contribution in [1.82, 2.24) is 0 Å². The van der Waals surface area contributed by atoms with Gasteiger partial charge in [-0.15, -0.1) is 0 Å². The summed E-state index contributed by atoms with van der Waals surface area (Å²) in [5, 5.41) is 123. The number of hydrogen-bond acceptors (Lipinski definition) is 20. The Labute approximate surface area is 298 Å². The molecule has 0 unspecified atom stereocenters. The van der Waals surface area contributed by atoms with Crippen LogP contribution in [0, 0.1) is 0 Å². The van der Waals surface area contributed by atoms with E-state index in [4.69, 9.17) is 32.8 Å². The predicted octanol–water partition coefficient (Wildman–Crippen LogP) is -3.92. The van der Waals surface area contributed by atoms with E-state index in [-0.39, 0.29) is 28.4 Å². The molecule has 0 aliphatic carbocycles. The lowest BCUT2D eigenvalue weighted by Gasteiger charge is -2.45. The molecule has 15 atom stereocenters. The average Bonchev–Trinajstić information content (AvgIpc) is 3.13. The highest BCUT2D eigenvalue weighted by atomic mass is 16.8. The smallest absolute Gasteiger partial charge is 0.239 e. The van der Waals surface area contributed by atoms with Gasteiger partial charge in [-0.25, -0.2) is 0 Å². The fourth-order valence-electron chi connectivity index (χ4n) is 6.23. The normalized spacial score (nSPS) is 37.8. The van der Waals surface area contributed by atoms with Gasteiger partial charge in [-0.2, -0.15) is 0 Å². The largest absolute Gasteiger partial charge is 0.508 e. The summed E-state index contributed by atoms with van der Waals surface area (Å²) >= 11 is 0. The number of phenolic OH excluding ortho intramolecular Hbond substituents is 2. The second-order valence-corrected chi connectivity index (χ2v) is 12.9. The molecule has 0 saturated carbocycles. The van der Waals surface area contributed by atoms with Crippen LogP contribution in [0.2, 0.25) is 0 Å². The molecule has 0 amide bonds. The van der Waals surface area contributed by atoms with E-state index >= 15 is 0 Å². The Morgan fingerprint density at radius 1 is 0.660 bits per heavy atom. The molecular formula is C33H40O20. The Bertz CT molecular complexity index is 1780. The molecule has 53 heavy (non-hydrogen) atoms. The minimum absolute atomic E-state index is 0.0982. The van der Waals surface area contributed by atoms with E-state index in [0.29, 0.717) is 0 Å². The van der Waals surface area contributed by atoms with Crippen molar-refractivity contribution in [2.75, 3.05) is 13.2 Å². The molecule has 20 nitrogen and oxygen atoms in total. The lowest BCUT2D eigenvalue weighted by molar-refractivity contribution is -0.358. The van der Waals surface area contributed by atoms with Gasteiger partial charge < -0.3 is 94.1 Å². The number of aliphatic hydroxyl groups is 10. The van der Waals surface area contributed by atoms with Crippen molar-refractivity contribution < 1.29 is 94.1 Å². The standard InChI is InChI=1S/C33H40O20/c1-10-19(38)23(42)26(45)31(47-10)48-13-6-14(37)18-15(7-13)49-28(11-2-4-12(36)5-3-11)29(22(18)41)52-33-30(25(44)21(40)17(9-35)51-33)53-32-27(46)24(43)20(39)16(8-34)50-32/h2-7,10,16-17,19-21,23-27,30-40,42-46H,8-9H2,1H3/t10-,16-,17+,19-,20-,21+,23+,24+,25-,26+,27-,30+,31+,32+,33-/m0/s1. The van der Waals surface area contributed by atoms with Crippen LogP contribution < -0.4 is 14.9 Å². The molecule has 0 radical (unpaired) electrons. The molecule has 1 aromatic heterocycles. The van der Waals surface area contributed by atoms with E-state index in [9.17, 15) is 66.1 Å². The maximum atomic E-state index is 14.2. The van der Waals surface area contributed by atoms with Gasteiger partial charge in [-0.1, -0.05) is 0 Å². The highest BCUT2D eigenvalue weighted by Gasteiger charge is 2.52. The average molecular weight is 757 g/mol. The first kappa shape index (κ1) is 39.0. The third kappa shape index (κ3) is 7.39. The van der Waals surface area contributed by atoms with Crippen molar-refractivity contribution in [2.45, 2.75) is 99.0 Å². The number of fused-ring (bicyclic) bond motifs is 1. The second kappa shape index (κ2) is 15.6. The number of phenols is 2. The SMILES string of the molecule is C[C@@H]1O[C@H](Oc2cc(O)c3c(=O)c(O[C@@H]4O[C@H](CO)[C@@H](O)[C@H](O)[C@H]4O[C@H]4O[C@@H](CO)[C@H](O)[C@@H](O)[C@@H]4O)c(-c4ccc(O)cc4)oc3c2)[C@H](O)[C@H](O)[C@H]1O. The molecule has 2 aromatic carbocycles. The molecule has 292 valence electrons. The Balaban J connectivity index is 1.41. The summed E-state index contributed by atoms with van der Waals surface area (Å²) in [6, 6.07) is 7.25. The summed E-state index contributed by atoms with van der Waals surface area (Å²) < 4.78 is 39.8. The van der Waals surface area contributed by atoms with E-state index in [2.05, 4.69) is 0 Å². The Kier molecular flexibility index (Phi) is 11.5. The van der Waals surface area contributed by atoms with Crippen LogP contribution in [0.3, 0.4) is 0 Å². The van der Waals surface area contributed by atoms with Gasteiger partial charge in [0, 0.05) is 17.7 Å². The molecule has 6 rings (SSSR count). The van der Waals surface area contributed by atoms with Gasteiger partial charge in [0.05, 0.1) is 19.3 Å². The zero-order valence-electron chi connectivity index (χ0n) is 27.7. The molecule has 3 fully saturated rings. The number of hydrogen-bond donors (Lipinski definition) is 12. The van der Waals surface area contributed by atoms with Crippen LogP contribution in [-0.2, 0) is 18.9 Å². The van der Waals surface area contributed by atoms with Gasteiger partial charge in [-0.05, 0) is 31.2 Å². The van der Waals surface area contributed by atoms with Gasteiger partial charge in [0.1, 0.15) is 89.3 Å². The van der Waals surface area contributed by atoms with E-state index in [1.54, 1.807) is 0 Å². The highest BCUT2D eigenvalue weighted by molar-refractivity contribution is 5.88. The third-order valence-corrected chi connectivity index (χ3v) is 9.29. The van der Waals surface area contributed by atoms with Crippen molar-refractivity contribution >= 4 is 11.0 Å². The molecule has 0 bridgehead atoms. The number of aromatic hydroxyl groups is 2. The van der Waals surface area contributed by atoms with E-state index in [1.165, 1.54) is 31.2 Å². The molecule has 3 saturated heterocycles. The molecule has 3 aromatic rings. The minimum Gasteiger partial charge on any atom is -0.508 e. The van der Waals surface area contributed by atoms with E-state index in [0.717, 1.165) is 12.1 Å². The second-order valence-electron chi connectivity index (χ2n) is 12.9. The molecule has 12 N–H and O–H groups in total. The van der Waals surface area contributed by atoms with Crippen LogP contribution in [0.15, 0.2) is 45.6 Å². The molecule has 3 aliphatic rings. The summed E-state index contributed by atoms with van der Waals surface area (Å²) in [6.45, 7) is -0.275. The van der Waals surface area contributed by atoms with E-state index < -0.39 is 128 Å². The van der Waals surface area contributed by atoms with Crippen molar-refractivity contribution in [3.05, 3.63) is 46.6 Å². The summed E-state index contributed by atoms with van der Waals surface area (Å²) in [6.07, 6.45) is -25.5. The van der Waals surface area contributed by atoms with Gasteiger partial charge in [0.25, 0.3) is 0 Å². The summed E-state index contributed by atoms with van der Waals surface area (Å²) in [5.41, 5.74) is -1.28. The first-order valence-corrected chi connectivity index (χ1v) is 16.4. The fourth-order valence-corrected chi connectivity index (χ4v) is 6.23. The quantitative estimate of drug-likeness (QED) is 0.0992. The van der Waals surface area contributed by atoms with Crippen LogP contribution >= 0.6 is 0 Å². The first-order valence-electron chi connectivity index (χ1n) is 16.4. The van der Waals surface area contributed by atoms with Crippen LogP contribution in [0.25, 0.3) is 22.3 Å². The number of ether oxygens (including phenoxy) is 6. The maximum Gasteiger partial charge on any atom is 0.239 e. The Morgan fingerprint density at radius 2 is 1.25 bits per heavy atom. The first-order chi connectivity index (χ1) is 25.1. The predicted molar refractivity (Wildman–Crippen MR) is 171 cm³/mol. The highest BCUT2D eigenvalue weighted by Crippen LogP contribution is 2.39. The minimum atomic E-state index is -1.99. The van der Waals surface area contributed by atoms with Gasteiger partial charge in [0.15, 0.2) is 18.2 Å². The topological polar surface area (TPSA) is 328 Å². The van der Waals surface area contributed by atoms with Crippen LogP contribution in [0.4, 0.5) is 0 Å². The van der Waals surface area contributed by atoms with Crippen molar-refractivity contribution in [3.63, 3.8) is 0 Å². The summed E-state index contributed by atoms with van der Waals surface area (Å²) in [7, 11) is 0. The number of benzene rings is 2. The molecule has 3 aliphatic heterocycles. The molecule has 4 heterocycles. The number of aliphatic hydroxyl groups excluding tert-OH is 10. The summed E-state index contributed by atoms with van der Waals surface area (Å²) in [4.78, 5) is 14.2. The molecular weight excluding hydrogens is 716 g/mol. The van der Waals surface area contributed by atoms with Crippen LogP contribution in [0.1, 0.15) is 6.92 Å². The third-order valence-electron chi connectivity index (χ3n) is 9.29. The Hall–Kier alpha value is -3.71. The van der Waals surface area contributed by atoms with Crippen LogP contribution in [-0.4, -0.2) is 167 Å². The van der Waals surface area contributed by atoms with Gasteiger partial charge in [0.2, 0.25) is 23.8 Å². The Morgan fingerprint density at radius 3 is 1.89 bits per heavy atom. The summed E-state index contributed by atoms with van der Waals surface area (Å²) in [5.74, 6) is -2.19.